The van der Waals surface area contributed by atoms with Gasteiger partial charge in [0.15, 0.2) is 5.82 Å². The van der Waals surface area contributed by atoms with Crippen LogP contribution in [-0.4, -0.2) is 60.8 Å². The van der Waals surface area contributed by atoms with E-state index in [-0.39, 0.29) is 24.6 Å². The highest BCUT2D eigenvalue weighted by molar-refractivity contribution is 6.00. The van der Waals surface area contributed by atoms with Crippen LogP contribution in [0.4, 0.5) is 0 Å². The van der Waals surface area contributed by atoms with E-state index >= 15 is 0 Å². The molecule has 0 radical (unpaired) electrons. The summed E-state index contributed by atoms with van der Waals surface area (Å²) >= 11 is 0. The number of methoxy groups -OCH3 is 1. The van der Waals surface area contributed by atoms with Crippen LogP contribution in [0.25, 0.3) is 44.8 Å². The molecule has 45 heavy (non-hydrogen) atoms. The number of pyridine rings is 1. The number of hydrogen-bond acceptors (Lipinski definition) is 7. The number of hydrogen-bond donors (Lipinski definition) is 2. The van der Waals surface area contributed by atoms with E-state index in [2.05, 4.69) is 22.8 Å². The summed E-state index contributed by atoms with van der Waals surface area (Å²) in [5, 5.41) is 20.3. The minimum absolute atomic E-state index is 0.0190. The van der Waals surface area contributed by atoms with Gasteiger partial charge in [-0.1, -0.05) is 0 Å². The number of rotatable bonds is 7. The number of likely N-dealkylation sites (tertiary alicyclic amines) is 1. The quantitative estimate of drug-likeness (QED) is 0.278. The number of carbonyl (C=O) groups excluding carboxylic acids is 1. The lowest BCUT2D eigenvalue weighted by Crippen LogP contribution is -2.41. The van der Waals surface area contributed by atoms with Crippen LogP contribution in [0.2, 0.25) is 0 Å². The summed E-state index contributed by atoms with van der Waals surface area (Å²) in [6.07, 6.45) is 4.39. The topological polar surface area (TPSA) is 135 Å². The Labute approximate surface area is 260 Å². The van der Waals surface area contributed by atoms with Crippen molar-refractivity contribution in [1.29, 1.82) is 5.26 Å². The third-order valence-electron chi connectivity index (χ3n) is 10.0. The maximum Gasteiger partial charge on any atom is 0.254 e. The van der Waals surface area contributed by atoms with Gasteiger partial charge in [0.1, 0.15) is 16.9 Å². The van der Waals surface area contributed by atoms with Gasteiger partial charge in [-0.3, -0.25) is 4.79 Å². The molecule has 3 aromatic heterocycles. The second kappa shape index (κ2) is 10.4. The highest BCUT2D eigenvalue weighted by Crippen LogP contribution is 2.40. The van der Waals surface area contributed by atoms with Crippen molar-refractivity contribution in [3.05, 3.63) is 65.2 Å². The first-order chi connectivity index (χ1) is 21.9. The van der Waals surface area contributed by atoms with Crippen molar-refractivity contribution in [2.45, 2.75) is 50.9 Å². The van der Waals surface area contributed by atoms with Gasteiger partial charge in [-0.2, -0.15) is 5.26 Å². The molecule has 3 fully saturated rings. The van der Waals surface area contributed by atoms with Crippen LogP contribution in [0.1, 0.15) is 47.2 Å². The number of aliphatic hydroxyl groups is 1. The molecule has 3 N–H and O–H groups in total. The molecule has 10 heteroatoms. The molecule has 2 bridgehead atoms. The predicted molar refractivity (Wildman–Crippen MR) is 170 cm³/mol. The maximum absolute atomic E-state index is 13.7. The summed E-state index contributed by atoms with van der Waals surface area (Å²) < 4.78 is 10.1. The maximum atomic E-state index is 13.7. The molecule has 0 spiro atoms. The minimum Gasteiger partial charge on any atom is -0.494 e. The Morgan fingerprint density at radius 3 is 2.64 bits per heavy atom. The van der Waals surface area contributed by atoms with Crippen LogP contribution in [0.5, 0.6) is 5.75 Å². The van der Waals surface area contributed by atoms with Crippen molar-refractivity contribution in [2.24, 2.45) is 24.6 Å². The third kappa shape index (κ3) is 4.49. The second-order valence-electron chi connectivity index (χ2n) is 12.9. The molecular weight excluding hydrogens is 566 g/mol. The van der Waals surface area contributed by atoms with E-state index in [4.69, 9.17) is 20.4 Å². The first-order valence-corrected chi connectivity index (χ1v) is 15.6. The average Bonchev–Trinajstić information content (AvgIpc) is 3.47. The number of imidazole rings is 1. The van der Waals surface area contributed by atoms with E-state index in [9.17, 15) is 15.2 Å². The lowest BCUT2D eigenvalue weighted by Gasteiger charge is -2.27. The zero-order chi connectivity index (χ0) is 31.0. The standard InChI is InChI=1S/C35H35N7O3/c1-40-32-27(12-25(14-30(32)45-2)35(44)42-17-23-6-8-28(42)31(23)37)39-34(40)29-13-22-5-7-26(38-33(22)41(29)16-19-3-4-19)24-10-20(15-36)9-21(11-24)18-43/h5,7,9-14,19,23,28,31,43H,3-4,6,8,16-18,37H2,1-2H3/t23?,28?,31-/m1/s1. The van der Waals surface area contributed by atoms with E-state index in [1.165, 1.54) is 12.8 Å². The summed E-state index contributed by atoms with van der Waals surface area (Å²) in [6, 6.07) is 17.6. The number of piperidine rings is 1. The Morgan fingerprint density at radius 1 is 1.11 bits per heavy atom. The van der Waals surface area contributed by atoms with E-state index in [0.29, 0.717) is 46.3 Å². The first kappa shape index (κ1) is 27.8. The number of nitrogens with two attached hydrogens (primary N) is 1. The van der Waals surface area contributed by atoms with E-state index in [1.807, 2.05) is 40.8 Å². The highest BCUT2D eigenvalue weighted by Gasteiger charge is 2.47. The normalized spacial score (nSPS) is 20.8. The van der Waals surface area contributed by atoms with Gasteiger partial charge in [-0.15, -0.1) is 0 Å². The molecule has 2 aromatic carbocycles. The summed E-state index contributed by atoms with van der Waals surface area (Å²) in [5.41, 5.74) is 13.0. The molecule has 8 rings (SSSR count). The van der Waals surface area contributed by atoms with Gasteiger partial charge in [0.05, 0.1) is 42.3 Å². The number of amides is 1. The van der Waals surface area contributed by atoms with Crippen LogP contribution >= 0.6 is 0 Å². The van der Waals surface area contributed by atoms with Gasteiger partial charge in [-0.25, -0.2) is 9.97 Å². The Hall–Kier alpha value is -4.72. The number of carbonyl (C=O) groups is 1. The number of nitrogens with zero attached hydrogens (tertiary/aromatic N) is 6. The summed E-state index contributed by atoms with van der Waals surface area (Å²) in [7, 11) is 3.61. The summed E-state index contributed by atoms with van der Waals surface area (Å²) in [5.74, 6) is 2.30. The SMILES string of the molecule is COc1cc(C(=O)N2CC3CCC2[C@@H]3N)cc2nc(-c3cc4ccc(-c5cc(C#N)cc(CO)c5)nc4n3CC3CC3)n(C)c12. The summed E-state index contributed by atoms with van der Waals surface area (Å²) in [4.78, 5) is 25.9. The Balaban J connectivity index is 1.24. The zero-order valence-corrected chi connectivity index (χ0v) is 25.4. The number of aryl methyl sites for hydroxylation is 1. The molecule has 1 saturated heterocycles. The molecular formula is C35H35N7O3. The fourth-order valence-corrected chi connectivity index (χ4v) is 7.48. The Morgan fingerprint density at radius 2 is 1.96 bits per heavy atom. The zero-order valence-electron chi connectivity index (χ0n) is 25.4. The smallest absolute Gasteiger partial charge is 0.254 e. The lowest BCUT2D eigenvalue weighted by molar-refractivity contribution is 0.0700. The number of benzene rings is 2. The van der Waals surface area contributed by atoms with Crippen molar-refractivity contribution < 1.29 is 14.6 Å². The monoisotopic (exact) mass is 601 g/mol. The lowest BCUT2D eigenvalue weighted by atomic mass is 10.0. The highest BCUT2D eigenvalue weighted by atomic mass is 16.5. The van der Waals surface area contributed by atoms with Gasteiger partial charge in [0.25, 0.3) is 5.91 Å². The Kier molecular flexibility index (Phi) is 6.45. The van der Waals surface area contributed by atoms with Crippen LogP contribution in [0, 0.1) is 23.2 Å². The number of fused-ring (bicyclic) bond motifs is 4. The van der Waals surface area contributed by atoms with Gasteiger partial charge < -0.3 is 29.6 Å². The van der Waals surface area contributed by atoms with E-state index in [1.54, 1.807) is 19.2 Å². The predicted octanol–water partition coefficient (Wildman–Crippen LogP) is 4.60. The van der Waals surface area contributed by atoms with Crippen molar-refractivity contribution in [1.82, 2.24) is 24.0 Å². The fraction of sp³-hybridized carbons (Fsp3) is 0.371. The number of aromatic nitrogens is 4. The van der Waals surface area contributed by atoms with Crippen LogP contribution in [-0.2, 0) is 20.2 Å². The molecule has 2 aliphatic carbocycles. The molecule has 3 aliphatic rings. The van der Waals surface area contributed by atoms with E-state index in [0.717, 1.165) is 58.7 Å². The van der Waals surface area contributed by atoms with Gasteiger partial charge in [-0.05, 0) is 91.6 Å². The van der Waals surface area contributed by atoms with Crippen molar-refractivity contribution in [3.8, 4) is 34.6 Å². The molecule has 228 valence electrons. The fourth-order valence-electron chi connectivity index (χ4n) is 7.48. The molecule has 5 aromatic rings. The first-order valence-electron chi connectivity index (χ1n) is 15.6. The van der Waals surface area contributed by atoms with Gasteiger partial charge in [0.2, 0.25) is 0 Å². The largest absolute Gasteiger partial charge is 0.494 e. The molecule has 1 amide bonds. The summed E-state index contributed by atoms with van der Waals surface area (Å²) in [6.45, 7) is 1.37. The van der Waals surface area contributed by atoms with Gasteiger partial charge >= 0.3 is 0 Å². The Bertz CT molecular complexity index is 2050. The van der Waals surface area contributed by atoms with Gasteiger partial charge in [0, 0.05) is 48.7 Å². The van der Waals surface area contributed by atoms with Crippen molar-refractivity contribution >= 4 is 28.0 Å². The third-order valence-corrected chi connectivity index (χ3v) is 10.0. The van der Waals surface area contributed by atoms with Crippen molar-refractivity contribution in [3.63, 3.8) is 0 Å². The molecule has 3 atom stereocenters. The average molecular weight is 602 g/mol. The minimum atomic E-state index is -0.150. The number of ether oxygens (including phenoxy) is 1. The van der Waals surface area contributed by atoms with Crippen molar-refractivity contribution in [2.75, 3.05) is 13.7 Å². The molecule has 2 unspecified atom stereocenters. The van der Waals surface area contributed by atoms with Crippen LogP contribution < -0.4 is 10.5 Å². The van der Waals surface area contributed by atoms with Crippen LogP contribution in [0.15, 0.2) is 48.5 Å². The van der Waals surface area contributed by atoms with Crippen LogP contribution in [0.3, 0.4) is 0 Å². The molecule has 1 aliphatic heterocycles. The number of nitriles is 1. The number of aliphatic hydroxyl groups excluding tert-OH is 1. The van der Waals surface area contributed by atoms with E-state index < -0.39 is 0 Å². The molecule has 2 saturated carbocycles. The second-order valence-corrected chi connectivity index (χ2v) is 12.9. The molecule has 4 heterocycles. The molecule has 10 nitrogen and oxygen atoms in total.